The second kappa shape index (κ2) is 4.75. The van der Waals surface area contributed by atoms with Crippen LogP contribution in [0.5, 0.6) is 0 Å². The van der Waals surface area contributed by atoms with Gasteiger partial charge in [0.05, 0.1) is 13.2 Å². The number of imide groups is 1. The molecule has 2 aliphatic rings. The van der Waals surface area contributed by atoms with E-state index in [-0.39, 0.29) is 25.0 Å². The van der Waals surface area contributed by atoms with Gasteiger partial charge in [-0.1, -0.05) is 24.3 Å². The van der Waals surface area contributed by atoms with E-state index in [2.05, 4.69) is 0 Å². The molecule has 2 fully saturated rings. The van der Waals surface area contributed by atoms with E-state index < -0.39 is 12.2 Å². The van der Waals surface area contributed by atoms with Crippen LogP contribution in [-0.2, 0) is 27.5 Å². The maximum Gasteiger partial charge on any atom is 0.258 e. The largest absolute Gasteiger partial charge is 0.392 e. The predicted molar refractivity (Wildman–Crippen MR) is 65.8 cm³/mol. The molecule has 2 saturated heterocycles. The van der Waals surface area contributed by atoms with Crippen molar-refractivity contribution < 1.29 is 19.4 Å². The van der Waals surface area contributed by atoms with Crippen LogP contribution in [0.25, 0.3) is 0 Å². The first-order valence-corrected chi connectivity index (χ1v) is 6.38. The Morgan fingerprint density at radius 3 is 2.11 bits per heavy atom. The molecule has 0 aromatic heterocycles. The van der Waals surface area contributed by atoms with Gasteiger partial charge in [-0.3, -0.25) is 14.5 Å². The van der Waals surface area contributed by atoms with Crippen LogP contribution < -0.4 is 0 Å². The van der Waals surface area contributed by atoms with Gasteiger partial charge >= 0.3 is 0 Å². The number of fused-ring (bicyclic) bond motifs is 2. The maximum absolute atomic E-state index is 12.1. The van der Waals surface area contributed by atoms with E-state index in [4.69, 9.17) is 9.84 Å². The number of carbonyl (C=O) groups excluding carboxylic acids is 2. The fourth-order valence-corrected chi connectivity index (χ4v) is 2.55. The average Bonchev–Trinajstić information content (AvgIpc) is 2.89. The van der Waals surface area contributed by atoms with E-state index in [9.17, 15) is 9.59 Å². The number of morpholine rings is 1. The van der Waals surface area contributed by atoms with Crippen molar-refractivity contribution in [2.75, 3.05) is 0 Å². The summed E-state index contributed by atoms with van der Waals surface area (Å²) in [5.41, 5.74) is 1.68. The van der Waals surface area contributed by atoms with Crippen molar-refractivity contribution >= 4 is 11.8 Å². The van der Waals surface area contributed by atoms with Gasteiger partial charge in [0.15, 0.2) is 0 Å². The molecule has 2 bridgehead atoms. The van der Waals surface area contributed by atoms with E-state index in [0.29, 0.717) is 12.8 Å². The van der Waals surface area contributed by atoms with E-state index in [1.54, 1.807) is 12.1 Å². The fourth-order valence-electron chi connectivity index (χ4n) is 2.55. The number of hydrogen-bond donors (Lipinski definition) is 1. The highest BCUT2D eigenvalue weighted by molar-refractivity contribution is 6.02. The van der Waals surface area contributed by atoms with Gasteiger partial charge in [-0.15, -0.1) is 0 Å². The van der Waals surface area contributed by atoms with Gasteiger partial charge < -0.3 is 9.84 Å². The minimum Gasteiger partial charge on any atom is -0.392 e. The monoisotopic (exact) mass is 261 g/mol. The zero-order valence-electron chi connectivity index (χ0n) is 10.4. The molecule has 100 valence electrons. The summed E-state index contributed by atoms with van der Waals surface area (Å²) >= 11 is 0. The summed E-state index contributed by atoms with van der Waals surface area (Å²) in [6, 6.07) is 7.23. The van der Waals surface area contributed by atoms with Crippen molar-refractivity contribution in [1.29, 1.82) is 0 Å². The molecule has 2 aliphatic heterocycles. The minimum atomic E-state index is -0.445. The standard InChI is InChI=1S/C14H15NO4/c16-8-10-3-1-9(2-4-10)7-15-13(17)11-5-6-12(19-11)14(15)18/h1-4,11-12,16H,5-8H2. The van der Waals surface area contributed by atoms with Crippen LogP contribution in [-0.4, -0.2) is 34.0 Å². The number of likely N-dealkylation sites (tertiary alicyclic amines) is 1. The van der Waals surface area contributed by atoms with Gasteiger partial charge in [0, 0.05) is 0 Å². The first kappa shape index (κ1) is 12.3. The van der Waals surface area contributed by atoms with Crippen LogP contribution in [0.1, 0.15) is 24.0 Å². The van der Waals surface area contributed by atoms with Crippen molar-refractivity contribution in [2.24, 2.45) is 0 Å². The summed E-state index contributed by atoms with van der Waals surface area (Å²) in [6.45, 7) is 0.263. The number of rotatable bonds is 3. The summed E-state index contributed by atoms with van der Waals surface area (Å²) in [7, 11) is 0. The van der Waals surface area contributed by atoms with Gasteiger partial charge in [-0.2, -0.15) is 0 Å². The van der Waals surface area contributed by atoms with Crippen molar-refractivity contribution in [1.82, 2.24) is 4.90 Å². The van der Waals surface area contributed by atoms with Crippen molar-refractivity contribution in [3.8, 4) is 0 Å². The number of hydrogen-bond acceptors (Lipinski definition) is 4. The number of benzene rings is 1. The molecule has 1 aromatic rings. The minimum absolute atomic E-state index is 0.0140. The SMILES string of the molecule is O=C1C2CCC(O2)C(=O)N1Cc1ccc(CO)cc1. The molecule has 3 rings (SSSR count). The topological polar surface area (TPSA) is 66.8 Å². The Hall–Kier alpha value is -1.72. The number of ether oxygens (including phenoxy) is 1. The molecule has 1 aromatic carbocycles. The summed E-state index contributed by atoms with van der Waals surface area (Å²) in [6.07, 6.45) is 0.378. The highest BCUT2D eigenvalue weighted by atomic mass is 16.5. The Bertz CT molecular complexity index is 489. The van der Waals surface area contributed by atoms with Gasteiger partial charge in [-0.25, -0.2) is 0 Å². The molecular formula is C14H15NO4. The van der Waals surface area contributed by atoms with Gasteiger partial charge in [0.25, 0.3) is 11.8 Å². The van der Waals surface area contributed by atoms with E-state index in [1.165, 1.54) is 4.90 Å². The highest BCUT2D eigenvalue weighted by Gasteiger charge is 2.46. The smallest absolute Gasteiger partial charge is 0.258 e. The lowest BCUT2D eigenvalue weighted by atomic mass is 10.1. The summed E-state index contributed by atoms with van der Waals surface area (Å²) < 4.78 is 5.35. The van der Waals surface area contributed by atoms with E-state index in [0.717, 1.165) is 11.1 Å². The number of nitrogens with zero attached hydrogens (tertiary/aromatic N) is 1. The molecule has 0 saturated carbocycles. The lowest BCUT2D eigenvalue weighted by molar-refractivity contribution is -0.169. The second-order valence-electron chi connectivity index (χ2n) is 4.93. The van der Waals surface area contributed by atoms with Gasteiger partial charge in [0.2, 0.25) is 0 Å². The maximum atomic E-state index is 12.1. The van der Waals surface area contributed by atoms with Crippen LogP contribution in [0.4, 0.5) is 0 Å². The lowest BCUT2D eigenvalue weighted by Gasteiger charge is -2.29. The van der Waals surface area contributed by atoms with Crippen molar-refractivity contribution in [3.63, 3.8) is 0 Å². The Labute approximate surface area is 110 Å². The quantitative estimate of drug-likeness (QED) is 0.809. The Balaban J connectivity index is 1.78. The third kappa shape index (κ3) is 2.15. The Morgan fingerprint density at radius 1 is 1.05 bits per heavy atom. The van der Waals surface area contributed by atoms with E-state index >= 15 is 0 Å². The third-order valence-electron chi connectivity index (χ3n) is 3.65. The summed E-state index contributed by atoms with van der Waals surface area (Å²) in [4.78, 5) is 25.4. The molecular weight excluding hydrogens is 246 g/mol. The third-order valence-corrected chi connectivity index (χ3v) is 3.65. The van der Waals surface area contributed by atoms with Crippen LogP contribution >= 0.6 is 0 Å². The molecule has 0 aliphatic carbocycles. The molecule has 2 unspecified atom stereocenters. The molecule has 19 heavy (non-hydrogen) atoms. The Kier molecular flexibility index (Phi) is 3.08. The highest BCUT2D eigenvalue weighted by Crippen LogP contribution is 2.29. The first-order valence-electron chi connectivity index (χ1n) is 6.38. The molecule has 5 heteroatoms. The number of aliphatic hydroxyl groups excluding tert-OH is 1. The van der Waals surface area contributed by atoms with Crippen molar-refractivity contribution in [2.45, 2.75) is 38.2 Å². The number of carbonyl (C=O) groups is 2. The molecule has 5 nitrogen and oxygen atoms in total. The lowest BCUT2D eigenvalue weighted by Crippen LogP contribution is -2.51. The van der Waals surface area contributed by atoms with Gasteiger partial charge in [-0.05, 0) is 24.0 Å². The van der Waals surface area contributed by atoms with Gasteiger partial charge in [0.1, 0.15) is 12.2 Å². The Morgan fingerprint density at radius 2 is 1.58 bits per heavy atom. The van der Waals surface area contributed by atoms with Crippen molar-refractivity contribution in [3.05, 3.63) is 35.4 Å². The molecule has 0 spiro atoms. The number of amides is 2. The molecule has 2 atom stereocenters. The normalized spacial score (nSPS) is 26.1. The fraction of sp³-hybridized carbons (Fsp3) is 0.429. The van der Waals surface area contributed by atoms with Crippen LogP contribution in [0.3, 0.4) is 0 Å². The average molecular weight is 261 g/mol. The molecule has 2 heterocycles. The molecule has 0 radical (unpaired) electrons. The van der Waals surface area contributed by atoms with Crippen LogP contribution in [0, 0.1) is 0 Å². The summed E-state index contributed by atoms with van der Waals surface area (Å²) in [5.74, 6) is -0.463. The van der Waals surface area contributed by atoms with E-state index in [1.807, 2.05) is 12.1 Å². The van der Waals surface area contributed by atoms with Crippen LogP contribution in [0.15, 0.2) is 24.3 Å². The summed E-state index contributed by atoms with van der Waals surface area (Å²) in [5, 5.41) is 8.98. The molecule has 1 N–H and O–H groups in total. The van der Waals surface area contributed by atoms with Crippen LogP contribution in [0.2, 0.25) is 0 Å². The number of aliphatic hydroxyl groups is 1. The first-order chi connectivity index (χ1) is 9.19. The zero-order chi connectivity index (χ0) is 13.4. The molecule has 2 amide bonds. The zero-order valence-corrected chi connectivity index (χ0v) is 10.4. The second-order valence-corrected chi connectivity index (χ2v) is 4.93. The predicted octanol–water partition coefficient (Wildman–Crippen LogP) is 0.595.